The molecule has 3 heterocycles. The lowest BCUT2D eigenvalue weighted by Crippen LogP contribution is -2.65. The maximum Gasteiger partial charge on any atom is 0.339 e. The number of thioether (sulfide) groups is 1. The van der Waals surface area contributed by atoms with Crippen molar-refractivity contribution in [3.63, 3.8) is 0 Å². The van der Waals surface area contributed by atoms with Gasteiger partial charge in [0.1, 0.15) is 11.5 Å². The fourth-order valence-corrected chi connectivity index (χ4v) is 9.39. The molecule has 46 heavy (non-hydrogen) atoms. The summed E-state index contributed by atoms with van der Waals surface area (Å²) in [6, 6.07) is 4.01. The van der Waals surface area contributed by atoms with E-state index in [1.54, 1.807) is 6.07 Å². The Balaban J connectivity index is 1.42. The van der Waals surface area contributed by atoms with Crippen LogP contribution in [0.3, 0.4) is 0 Å². The maximum absolute atomic E-state index is 13.0. The number of esters is 5. The Kier molecular flexibility index (Phi) is 8.57. The SMILES string of the molecule is COC(=O)[C@H]1OC(SC2C=CC3C4Cc5ccc(OC(C)=O)c6c5C3(CCN4C)C2O6)[C@H](OC(C)=O)[C@@H](OC(C)=O)[C@@H]1OC(C)=O. The molecule has 0 saturated carbocycles. The van der Waals surface area contributed by atoms with E-state index in [4.69, 9.17) is 33.2 Å². The standard InChI is InChI=1S/C32H37NO12S/c1-14(34)40-21-9-7-18-13-20-19-8-10-22(29-32(19,11-12-33(20)5)23(18)24(21)44-29)46-31-28(43-17(4)37)26(42-16(3)36)25(41-15(2)35)27(45-31)30(38)39-6/h7-10,19-20,22,25-29,31H,11-13H2,1-6H3/t19?,20?,22?,25-,26-,27-,28+,29?,31?,32?/m0/s1. The van der Waals surface area contributed by atoms with Crippen LogP contribution >= 0.6 is 11.8 Å². The number of likely N-dealkylation sites (tertiary alicyclic amines) is 1. The van der Waals surface area contributed by atoms with Crippen LogP contribution in [-0.2, 0) is 59.5 Å². The third kappa shape index (κ3) is 5.33. The third-order valence-electron chi connectivity index (χ3n) is 9.49. The summed E-state index contributed by atoms with van der Waals surface area (Å²) >= 11 is 1.24. The molecule has 1 aromatic rings. The van der Waals surface area contributed by atoms with E-state index in [2.05, 4.69) is 18.0 Å². The molecule has 13 nitrogen and oxygen atoms in total. The predicted octanol–water partition coefficient (Wildman–Crippen LogP) is 1.85. The average Bonchev–Trinajstić information content (AvgIpc) is 3.33. The first-order valence-electron chi connectivity index (χ1n) is 15.2. The molecule has 248 valence electrons. The fraction of sp³-hybridized carbons (Fsp3) is 0.594. The summed E-state index contributed by atoms with van der Waals surface area (Å²) < 4.78 is 40.3. The van der Waals surface area contributed by atoms with Crippen LogP contribution in [-0.4, -0.2) is 103 Å². The molecule has 6 rings (SSSR count). The molecular weight excluding hydrogens is 622 g/mol. The normalized spacial score (nSPS) is 35.2. The molecule has 1 spiro atoms. The molecule has 1 aromatic carbocycles. The second-order valence-corrected chi connectivity index (χ2v) is 13.6. The van der Waals surface area contributed by atoms with Crippen molar-refractivity contribution < 1.29 is 57.1 Å². The van der Waals surface area contributed by atoms with Crippen molar-refractivity contribution in [2.24, 2.45) is 5.92 Å². The molecule has 5 aliphatic rings. The van der Waals surface area contributed by atoms with Gasteiger partial charge in [0.25, 0.3) is 0 Å². The van der Waals surface area contributed by atoms with Gasteiger partial charge in [-0.1, -0.05) is 18.2 Å². The predicted molar refractivity (Wildman–Crippen MR) is 160 cm³/mol. The van der Waals surface area contributed by atoms with Crippen molar-refractivity contribution >= 4 is 41.6 Å². The highest BCUT2D eigenvalue weighted by atomic mass is 32.2. The smallest absolute Gasteiger partial charge is 0.339 e. The summed E-state index contributed by atoms with van der Waals surface area (Å²) in [6.07, 6.45) is -0.236. The number of benzene rings is 1. The number of piperidine rings is 1. The highest BCUT2D eigenvalue weighted by Gasteiger charge is 2.65. The molecule has 0 N–H and O–H groups in total. The number of hydrogen-bond acceptors (Lipinski definition) is 14. The van der Waals surface area contributed by atoms with E-state index in [9.17, 15) is 24.0 Å². The number of likely N-dealkylation sites (N-methyl/N-ethyl adjacent to an activating group) is 1. The number of carbonyl (C=O) groups excluding carboxylic acids is 5. The van der Waals surface area contributed by atoms with Crippen LogP contribution in [0.1, 0.15) is 45.2 Å². The number of hydrogen-bond donors (Lipinski definition) is 0. The highest BCUT2D eigenvalue weighted by Crippen LogP contribution is 2.64. The number of ether oxygens (including phenoxy) is 7. The lowest BCUT2D eigenvalue weighted by atomic mass is 9.53. The second-order valence-electron chi connectivity index (χ2n) is 12.3. The van der Waals surface area contributed by atoms with Crippen molar-refractivity contribution in [3.05, 3.63) is 35.4 Å². The van der Waals surface area contributed by atoms with Gasteiger partial charge in [0.2, 0.25) is 0 Å². The minimum absolute atomic E-state index is 0.107. The van der Waals surface area contributed by atoms with Gasteiger partial charge < -0.3 is 38.1 Å². The van der Waals surface area contributed by atoms with Crippen molar-refractivity contribution in [2.45, 2.75) is 93.2 Å². The molecule has 0 amide bonds. The van der Waals surface area contributed by atoms with E-state index in [0.29, 0.717) is 11.5 Å². The third-order valence-corrected chi connectivity index (χ3v) is 10.9. The number of rotatable bonds is 7. The van der Waals surface area contributed by atoms with Gasteiger partial charge in [-0.25, -0.2) is 4.79 Å². The van der Waals surface area contributed by atoms with Crippen molar-refractivity contribution in [2.75, 3.05) is 20.7 Å². The molecule has 10 atom stereocenters. The first-order chi connectivity index (χ1) is 21.8. The van der Waals surface area contributed by atoms with Gasteiger partial charge in [0.15, 0.2) is 35.9 Å². The second kappa shape index (κ2) is 12.2. The quantitative estimate of drug-likeness (QED) is 0.181. The van der Waals surface area contributed by atoms with Gasteiger partial charge in [-0.2, -0.15) is 0 Å². The van der Waals surface area contributed by atoms with E-state index in [0.717, 1.165) is 51.5 Å². The Labute approximate surface area is 270 Å². The Bertz CT molecular complexity index is 1500. The Hall–Kier alpha value is -3.62. The van der Waals surface area contributed by atoms with Gasteiger partial charge >= 0.3 is 29.8 Å². The summed E-state index contributed by atoms with van der Waals surface area (Å²) in [7, 11) is 3.28. The molecule has 0 radical (unpaired) electrons. The zero-order valence-corrected chi connectivity index (χ0v) is 27.2. The first-order valence-corrected chi connectivity index (χ1v) is 16.1. The van der Waals surface area contributed by atoms with Crippen LogP contribution in [0.2, 0.25) is 0 Å². The molecule has 2 aliphatic carbocycles. The largest absolute Gasteiger partial charge is 0.484 e. The summed E-state index contributed by atoms with van der Waals surface area (Å²) in [6.45, 7) is 5.65. The van der Waals surface area contributed by atoms with E-state index in [1.807, 2.05) is 12.1 Å². The van der Waals surface area contributed by atoms with Gasteiger partial charge in [0.05, 0.1) is 12.4 Å². The molecule has 0 aromatic heterocycles. The Morgan fingerprint density at radius 2 is 1.59 bits per heavy atom. The van der Waals surface area contributed by atoms with E-state index >= 15 is 0 Å². The van der Waals surface area contributed by atoms with E-state index < -0.39 is 76.5 Å². The number of nitrogens with zero attached hydrogens (tertiary/aromatic N) is 1. The summed E-state index contributed by atoms with van der Waals surface area (Å²) in [5.74, 6) is -2.52. The zero-order valence-electron chi connectivity index (χ0n) is 26.4. The van der Waals surface area contributed by atoms with Crippen LogP contribution in [0, 0.1) is 5.92 Å². The molecule has 2 bridgehead atoms. The molecule has 2 saturated heterocycles. The van der Waals surface area contributed by atoms with Crippen molar-refractivity contribution in [1.29, 1.82) is 0 Å². The maximum atomic E-state index is 13.0. The molecule has 6 unspecified atom stereocenters. The summed E-state index contributed by atoms with van der Waals surface area (Å²) in [5.41, 5.74) is 0.641. The monoisotopic (exact) mass is 659 g/mol. The number of carbonyl (C=O) groups is 5. The lowest BCUT2D eigenvalue weighted by Gasteiger charge is -2.57. The highest BCUT2D eigenvalue weighted by molar-refractivity contribution is 8.00. The van der Waals surface area contributed by atoms with Crippen molar-refractivity contribution in [3.8, 4) is 11.5 Å². The number of methoxy groups -OCH3 is 1. The van der Waals surface area contributed by atoms with E-state index in [1.165, 1.54) is 25.6 Å². The fourth-order valence-electron chi connectivity index (χ4n) is 7.91. The van der Waals surface area contributed by atoms with Crippen LogP contribution in [0.5, 0.6) is 11.5 Å². The average molecular weight is 660 g/mol. The first kappa shape index (κ1) is 32.3. The molecular formula is C32H37NO12S. The molecule has 14 heteroatoms. The summed E-state index contributed by atoms with van der Waals surface area (Å²) in [5, 5.41) is -0.423. The van der Waals surface area contributed by atoms with Gasteiger partial charge in [-0.05, 0) is 38.1 Å². The molecule has 3 aliphatic heterocycles. The Morgan fingerprint density at radius 3 is 2.24 bits per heavy atom. The van der Waals surface area contributed by atoms with Crippen LogP contribution < -0.4 is 9.47 Å². The van der Waals surface area contributed by atoms with Gasteiger partial charge in [-0.15, -0.1) is 11.8 Å². The minimum Gasteiger partial charge on any atom is -0.484 e. The zero-order chi connectivity index (χ0) is 33.1. The lowest BCUT2D eigenvalue weighted by molar-refractivity contribution is -0.235. The minimum atomic E-state index is -1.49. The van der Waals surface area contributed by atoms with Gasteiger partial charge in [-0.3, -0.25) is 19.2 Å². The van der Waals surface area contributed by atoms with E-state index in [-0.39, 0.29) is 12.0 Å². The van der Waals surface area contributed by atoms with Crippen LogP contribution in [0.25, 0.3) is 0 Å². The van der Waals surface area contributed by atoms with Crippen LogP contribution in [0.15, 0.2) is 24.3 Å². The topological polar surface area (TPSA) is 153 Å². The Morgan fingerprint density at radius 1 is 0.913 bits per heavy atom. The van der Waals surface area contributed by atoms with Crippen molar-refractivity contribution in [1.82, 2.24) is 4.90 Å². The van der Waals surface area contributed by atoms with Gasteiger partial charge in [0, 0.05) is 50.6 Å². The summed E-state index contributed by atoms with van der Waals surface area (Å²) in [4.78, 5) is 64.2. The van der Waals surface area contributed by atoms with Crippen LogP contribution in [0.4, 0.5) is 0 Å². The molecule has 2 fully saturated rings.